The van der Waals surface area contributed by atoms with Gasteiger partial charge in [-0.15, -0.1) is 0 Å². The third-order valence-corrected chi connectivity index (χ3v) is 6.27. The molecule has 35 heavy (non-hydrogen) atoms. The first-order chi connectivity index (χ1) is 16.8. The first-order valence-corrected chi connectivity index (χ1v) is 11.5. The van der Waals surface area contributed by atoms with Crippen molar-refractivity contribution < 1.29 is 4.39 Å². The van der Waals surface area contributed by atoms with Crippen LogP contribution in [-0.4, -0.2) is 30.9 Å². The van der Waals surface area contributed by atoms with Crippen LogP contribution in [0.25, 0.3) is 16.9 Å². The lowest BCUT2D eigenvalue weighted by Crippen LogP contribution is -2.23. The van der Waals surface area contributed by atoms with E-state index in [1.54, 1.807) is 42.8 Å². The van der Waals surface area contributed by atoms with E-state index in [0.717, 1.165) is 24.1 Å². The molecule has 178 valence electrons. The molecule has 0 radical (unpaired) electrons. The van der Waals surface area contributed by atoms with Crippen molar-refractivity contribution in [3.05, 3.63) is 69.5 Å². The average Bonchev–Trinajstić information content (AvgIpc) is 3.15. The molecule has 10 heteroatoms. The van der Waals surface area contributed by atoms with E-state index in [1.807, 2.05) is 6.92 Å². The van der Waals surface area contributed by atoms with E-state index in [9.17, 15) is 14.4 Å². The molecule has 2 N–H and O–H groups in total. The van der Waals surface area contributed by atoms with Crippen LogP contribution < -0.4 is 16.2 Å². The largest absolute Gasteiger partial charge is 0.322 e. The summed E-state index contributed by atoms with van der Waals surface area (Å²) in [6, 6.07) is 10.9. The second-order valence-corrected chi connectivity index (χ2v) is 9.03. The van der Waals surface area contributed by atoms with Gasteiger partial charge in [-0.2, -0.15) is 10.2 Å². The molecule has 0 fully saturated rings. The van der Waals surface area contributed by atoms with Crippen molar-refractivity contribution in [3.63, 3.8) is 0 Å². The number of rotatable bonds is 5. The number of hydrogen-bond donors (Lipinski definition) is 2. The molecule has 5 rings (SSSR count). The standard InChI is InChI=1S/C25H25FN8O/c1-4-33-23(35)17-13-29-24(30-19-11-15-8-9-28-12-16(15)10-18(19)26)32-22(17)34(33)21-7-5-6-20(31-21)25(2,3)14-27/h5-7,10-11,13,28H,4,8-9,12H2,1-3H3,(H,29,30,32). The van der Waals surface area contributed by atoms with Crippen LogP contribution in [0.1, 0.15) is 37.6 Å². The van der Waals surface area contributed by atoms with Gasteiger partial charge in [-0.05, 0) is 69.1 Å². The van der Waals surface area contributed by atoms with Crippen LogP contribution in [0.2, 0.25) is 0 Å². The minimum absolute atomic E-state index is 0.167. The molecule has 0 saturated heterocycles. The van der Waals surface area contributed by atoms with E-state index < -0.39 is 11.2 Å². The summed E-state index contributed by atoms with van der Waals surface area (Å²) in [6.07, 6.45) is 2.25. The summed E-state index contributed by atoms with van der Waals surface area (Å²) in [5.74, 6) is 0.227. The molecule has 0 saturated carbocycles. The highest BCUT2D eigenvalue weighted by Gasteiger charge is 2.24. The van der Waals surface area contributed by atoms with E-state index in [1.165, 1.54) is 16.9 Å². The zero-order chi connectivity index (χ0) is 24.7. The van der Waals surface area contributed by atoms with Crippen molar-refractivity contribution in [3.8, 4) is 11.9 Å². The van der Waals surface area contributed by atoms with E-state index in [4.69, 9.17) is 0 Å². The number of nitriles is 1. The molecule has 1 aromatic carbocycles. The maximum absolute atomic E-state index is 14.8. The molecule has 4 heterocycles. The number of halogens is 1. The second kappa shape index (κ2) is 8.60. The summed E-state index contributed by atoms with van der Waals surface area (Å²) < 4.78 is 17.9. The number of fused-ring (bicyclic) bond motifs is 2. The first-order valence-electron chi connectivity index (χ1n) is 11.5. The van der Waals surface area contributed by atoms with Crippen LogP contribution in [0.4, 0.5) is 16.0 Å². The quantitative estimate of drug-likeness (QED) is 0.458. The Balaban J connectivity index is 1.63. The summed E-state index contributed by atoms with van der Waals surface area (Å²) in [6.45, 7) is 7.27. The van der Waals surface area contributed by atoms with Crippen molar-refractivity contribution in [1.29, 1.82) is 5.26 Å². The molecule has 9 nitrogen and oxygen atoms in total. The van der Waals surface area contributed by atoms with Gasteiger partial charge < -0.3 is 10.6 Å². The molecular formula is C25H25FN8O. The fourth-order valence-corrected chi connectivity index (χ4v) is 4.27. The fourth-order valence-electron chi connectivity index (χ4n) is 4.27. The van der Waals surface area contributed by atoms with Crippen LogP contribution in [-0.2, 0) is 24.9 Å². The maximum Gasteiger partial charge on any atom is 0.278 e. The van der Waals surface area contributed by atoms with Gasteiger partial charge in [-0.1, -0.05) is 6.07 Å². The predicted molar refractivity (Wildman–Crippen MR) is 130 cm³/mol. The Labute approximate surface area is 201 Å². The Kier molecular flexibility index (Phi) is 5.57. The number of anilines is 2. The van der Waals surface area contributed by atoms with Gasteiger partial charge in [0.15, 0.2) is 11.5 Å². The Hall–Kier alpha value is -4.10. The number of benzene rings is 1. The molecule has 0 amide bonds. The SMILES string of the molecule is CCn1c(=O)c2cnc(Nc3cc4c(cc3F)CNCC4)nc2n1-c1cccc(C(C)(C)C#N)n1. The predicted octanol–water partition coefficient (Wildman–Crippen LogP) is 3.33. The van der Waals surface area contributed by atoms with E-state index >= 15 is 0 Å². The number of nitrogens with one attached hydrogen (secondary N) is 2. The second-order valence-electron chi connectivity index (χ2n) is 9.03. The third-order valence-electron chi connectivity index (χ3n) is 6.27. The van der Waals surface area contributed by atoms with Gasteiger partial charge in [0.05, 0.1) is 22.9 Å². The summed E-state index contributed by atoms with van der Waals surface area (Å²) in [4.78, 5) is 26.6. The molecule has 1 aliphatic rings. The highest BCUT2D eigenvalue weighted by atomic mass is 19.1. The van der Waals surface area contributed by atoms with Crippen molar-refractivity contribution in [2.75, 3.05) is 11.9 Å². The van der Waals surface area contributed by atoms with Crippen molar-refractivity contribution in [2.45, 2.75) is 45.7 Å². The molecule has 0 atom stereocenters. The van der Waals surface area contributed by atoms with Gasteiger partial charge >= 0.3 is 0 Å². The van der Waals surface area contributed by atoms with Gasteiger partial charge in [0, 0.05) is 19.3 Å². The molecule has 1 aliphatic heterocycles. The third kappa shape index (κ3) is 3.94. The normalized spacial score (nSPS) is 13.5. The molecule has 0 aliphatic carbocycles. The number of hydrogen-bond acceptors (Lipinski definition) is 7. The maximum atomic E-state index is 14.8. The highest BCUT2D eigenvalue weighted by molar-refractivity contribution is 5.77. The van der Waals surface area contributed by atoms with Crippen LogP contribution in [0, 0.1) is 17.1 Å². The Morgan fingerprint density at radius 1 is 1.26 bits per heavy atom. The van der Waals surface area contributed by atoms with Gasteiger partial charge in [0.2, 0.25) is 5.95 Å². The summed E-state index contributed by atoms with van der Waals surface area (Å²) in [5, 5.41) is 16.1. The van der Waals surface area contributed by atoms with Gasteiger partial charge in [-0.3, -0.25) is 4.79 Å². The van der Waals surface area contributed by atoms with Crippen molar-refractivity contribution in [2.24, 2.45) is 0 Å². The van der Waals surface area contributed by atoms with Gasteiger partial charge in [-0.25, -0.2) is 23.7 Å². The van der Waals surface area contributed by atoms with Gasteiger partial charge in [0.25, 0.3) is 5.56 Å². The zero-order valence-corrected chi connectivity index (χ0v) is 19.8. The summed E-state index contributed by atoms with van der Waals surface area (Å²) in [7, 11) is 0. The number of nitrogens with zero attached hydrogens (tertiary/aromatic N) is 6. The van der Waals surface area contributed by atoms with E-state index in [0.29, 0.717) is 35.6 Å². The molecule has 0 unspecified atom stereocenters. The smallest absolute Gasteiger partial charge is 0.278 e. The topological polar surface area (TPSA) is 113 Å². The van der Waals surface area contributed by atoms with Crippen LogP contribution in [0.5, 0.6) is 0 Å². The minimum Gasteiger partial charge on any atom is -0.322 e. The Morgan fingerprint density at radius 3 is 2.86 bits per heavy atom. The zero-order valence-electron chi connectivity index (χ0n) is 19.8. The lowest BCUT2D eigenvalue weighted by atomic mass is 9.91. The molecule has 0 bridgehead atoms. The number of aromatic nitrogens is 5. The van der Waals surface area contributed by atoms with Crippen LogP contribution >= 0.6 is 0 Å². The molecule has 3 aromatic heterocycles. The van der Waals surface area contributed by atoms with Crippen molar-refractivity contribution in [1.82, 2.24) is 29.6 Å². The molecule has 0 spiro atoms. The van der Waals surface area contributed by atoms with Crippen LogP contribution in [0.15, 0.2) is 41.3 Å². The lowest BCUT2D eigenvalue weighted by Gasteiger charge is -2.19. The van der Waals surface area contributed by atoms with E-state index in [-0.39, 0.29) is 17.2 Å². The lowest BCUT2D eigenvalue weighted by molar-refractivity contribution is 0.562. The monoisotopic (exact) mass is 472 g/mol. The first kappa shape index (κ1) is 22.7. The van der Waals surface area contributed by atoms with Gasteiger partial charge in [0.1, 0.15) is 11.2 Å². The Morgan fingerprint density at radius 2 is 2.09 bits per heavy atom. The summed E-state index contributed by atoms with van der Waals surface area (Å²) in [5.41, 5.74) is 2.15. The highest BCUT2D eigenvalue weighted by Crippen LogP contribution is 2.26. The van der Waals surface area contributed by atoms with E-state index in [2.05, 4.69) is 31.7 Å². The Bertz CT molecular complexity index is 1550. The summed E-state index contributed by atoms with van der Waals surface area (Å²) >= 11 is 0. The minimum atomic E-state index is -0.808. The molecular weight excluding hydrogens is 447 g/mol. The number of pyridine rings is 1. The van der Waals surface area contributed by atoms with Crippen LogP contribution in [0.3, 0.4) is 0 Å². The van der Waals surface area contributed by atoms with Crippen molar-refractivity contribution >= 4 is 22.7 Å². The average molecular weight is 473 g/mol. The fraction of sp³-hybridized carbons (Fsp3) is 0.320. The molecule has 4 aromatic rings.